The van der Waals surface area contributed by atoms with Crippen LogP contribution in [0.25, 0.3) is 10.2 Å². The molecule has 3 rings (SSSR count). The minimum absolute atomic E-state index is 0.135. The zero-order valence-corrected chi connectivity index (χ0v) is 16.4. The first-order valence-electron chi connectivity index (χ1n) is 8.10. The second kappa shape index (κ2) is 8.06. The number of fused-ring (bicyclic) bond motifs is 1. The molecule has 3 aromatic rings. The van der Waals surface area contributed by atoms with Gasteiger partial charge in [0.1, 0.15) is 17.0 Å². The lowest BCUT2D eigenvalue weighted by atomic mass is 10.1. The van der Waals surface area contributed by atoms with Crippen LogP contribution in [0.4, 0.5) is 11.5 Å². The number of hydrazone groups is 1. The van der Waals surface area contributed by atoms with Gasteiger partial charge >= 0.3 is 0 Å². The fraction of sp³-hybridized carbons (Fsp3) is 0.176. The van der Waals surface area contributed by atoms with Crippen molar-refractivity contribution in [2.75, 3.05) is 20.0 Å². The smallest absolute Gasteiger partial charge is 0.282 e. The lowest BCUT2D eigenvalue weighted by Gasteiger charge is -2.08. The quantitative estimate of drug-likeness (QED) is 0.352. The predicted molar refractivity (Wildman–Crippen MR) is 108 cm³/mol. The molecule has 0 aliphatic heterocycles. The summed E-state index contributed by atoms with van der Waals surface area (Å²) < 4.78 is 10.2. The number of nitro benzene ring substituents is 1. The van der Waals surface area contributed by atoms with Crippen LogP contribution in [0.3, 0.4) is 0 Å². The molecule has 0 saturated carbocycles. The Morgan fingerprint density at radius 1 is 1.31 bits per heavy atom. The van der Waals surface area contributed by atoms with Crippen molar-refractivity contribution < 1.29 is 19.2 Å². The normalized spacial score (nSPS) is 11.0. The Morgan fingerprint density at radius 3 is 2.62 bits per heavy atom. The molecule has 0 aliphatic rings. The predicted octanol–water partition coefficient (Wildman–Crippen LogP) is 2.27. The molecule has 0 fully saturated rings. The number of nitrogen functional groups attached to an aromatic ring is 1. The van der Waals surface area contributed by atoms with Crippen LogP contribution < -0.4 is 20.6 Å². The molecular weight excluding hydrogens is 400 g/mol. The van der Waals surface area contributed by atoms with Crippen LogP contribution in [0.1, 0.15) is 20.8 Å². The number of methoxy groups -OCH3 is 2. The second-order valence-electron chi connectivity index (χ2n) is 5.72. The number of benzene rings is 1. The number of nitrogens with one attached hydrogen (secondary N) is 1. The molecule has 150 valence electrons. The molecule has 2 heterocycles. The summed E-state index contributed by atoms with van der Waals surface area (Å²) in [5.41, 5.74) is 8.73. The van der Waals surface area contributed by atoms with Crippen molar-refractivity contribution in [3.05, 3.63) is 44.6 Å². The van der Waals surface area contributed by atoms with Gasteiger partial charge in [-0.15, -0.1) is 11.3 Å². The number of nitrogens with zero attached hydrogens (tertiary/aromatic N) is 4. The van der Waals surface area contributed by atoms with Gasteiger partial charge in [0, 0.05) is 0 Å². The van der Waals surface area contributed by atoms with Crippen LogP contribution in [-0.2, 0) is 0 Å². The zero-order valence-electron chi connectivity index (χ0n) is 15.6. The van der Waals surface area contributed by atoms with Gasteiger partial charge in [-0.05, 0) is 18.6 Å². The summed E-state index contributed by atoms with van der Waals surface area (Å²) in [6.45, 7) is 1.73. The van der Waals surface area contributed by atoms with Gasteiger partial charge in [-0.25, -0.2) is 15.4 Å². The molecular formula is C17H16N6O5S. The van der Waals surface area contributed by atoms with Gasteiger partial charge in [0.2, 0.25) is 0 Å². The van der Waals surface area contributed by atoms with Crippen LogP contribution >= 0.6 is 11.3 Å². The standard InChI is InChI=1S/C17H16N6O5S/c1-8-13-15(18)19-7-20-17(13)29-14(8)16(24)22-21-6-9-4-11(27-2)12(28-3)5-10(9)23(25)26/h4-7H,1-3H3,(H,22,24)(H2,18,19,20). The zero-order chi connectivity index (χ0) is 21.1. The molecule has 0 atom stereocenters. The molecule has 1 amide bonds. The number of thiophene rings is 1. The van der Waals surface area contributed by atoms with Crippen LogP contribution in [0.2, 0.25) is 0 Å². The van der Waals surface area contributed by atoms with E-state index in [0.29, 0.717) is 26.4 Å². The highest BCUT2D eigenvalue weighted by Gasteiger charge is 2.20. The molecule has 0 aliphatic carbocycles. The van der Waals surface area contributed by atoms with Crippen molar-refractivity contribution in [3.63, 3.8) is 0 Å². The van der Waals surface area contributed by atoms with Crippen LogP contribution in [0, 0.1) is 17.0 Å². The molecule has 0 bridgehead atoms. The second-order valence-corrected chi connectivity index (χ2v) is 6.72. The maximum absolute atomic E-state index is 12.5. The highest BCUT2D eigenvalue weighted by molar-refractivity contribution is 7.20. The maximum Gasteiger partial charge on any atom is 0.282 e. The molecule has 11 nitrogen and oxygen atoms in total. The fourth-order valence-corrected chi connectivity index (χ4v) is 3.72. The summed E-state index contributed by atoms with van der Waals surface area (Å²) in [6.07, 6.45) is 2.48. The Hall–Kier alpha value is -3.80. The Morgan fingerprint density at radius 2 is 2.00 bits per heavy atom. The van der Waals surface area contributed by atoms with E-state index in [1.54, 1.807) is 6.92 Å². The summed E-state index contributed by atoms with van der Waals surface area (Å²) in [4.78, 5) is 32.2. The third-order valence-electron chi connectivity index (χ3n) is 4.06. The molecule has 29 heavy (non-hydrogen) atoms. The highest BCUT2D eigenvalue weighted by atomic mass is 32.1. The number of hydrogen-bond donors (Lipinski definition) is 2. The summed E-state index contributed by atoms with van der Waals surface area (Å²) in [5, 5.41) is 15.8. The largest absolute Gasteiger partial charge is 0.493 e. The van der Waals surface area contributed by atoms with Gasteiger partial charge in [0.25, 0.3) is 11.6 Å². The molecule has 0 unspecified atom stereocenters. The number of carbonyl (C=O) groups excluding carboxylic acids is 1. The summed E-state index contributed by atoms with van der Waals surface area (Å²) in [6, 6.07) is 2.62. The van der Waals surface area contributed by atoms with E-state index in [1.165, 1.54) is 32.7 Å². The number of aryl methyl sites for hydroxylation is 1. The average Bonchev–Trinajstić information content (AvgIpc) is 3.05. The number of rotatable bonds is 6. The van der Waals surface area contributed by atoms with Gasteiger partial charge in [0.15, 0.2) is 11.5 Å². The van der Waals surface area contributed by atoms with E-state index >= 15 is 0 Å². The summed E-state index contributed by atoms with van der Waals surface area (Å²) in [5.74, 6) is 0.289. The number of hydrogen-bond acceptors (Lipinski definition) is 10. The molecule has 12 heteroatoms. The van der Waals surface area contributed by atoms with Gasteiger partial charge in [-0.1, -0.05) is 0 Å². The Kier molecular flexibility index (Phi) is 5.54. The van der Waals surface area contributed by atoms with E-state index in [0.717, 1.165) is 17.6 Å². The lowest BCUT2D eigenvalue weighted by Crippen LogP contribution is -2.17. The molecule has 3 N–H and O–H groups in total. The lowest BCUT2D eigenvalue weighted by molar-refractivity contribution is -0.385. The van der Waals surface area contributed by atoms with Gasteiger partial charge < -0.3 is 15.2 Å². The van der Waals surface area contributed by atoms with Gasteiger partial charge in [-0.3, -0.25) is 14.9 Å². The summed E-state index contributed by atoms with van der Waals surface area (Å²) in [7, 11) is 2.78. The van der Waals surface area contributed by atoms with Crippen molar-refractivity contribution in [3.8, 4) is 11.5 Å². The van der Waals surface area contributed by atoms with E-state index in [-0.39, 0.29) is 22.8 Å². The Balaban J connectivity index is 1.88. The van der Waals surface area contributed by atoms with E-state index < -0.39 is 10.8 Å². The average molecular weight is 416 g/mol. The number of nitrogens with two attached hydrogens (primary N) is 1. The molecule has 2 aromatic heterocycles. The van der Waals surface area contributed by atoms with Crippen LogP contribution in [0.15, 0.2) is 23.6 Å². The van der Waals surface area contributed by atoms with Crippen LogP contribution in [-0.4, -0.2) is 41.2 Å². The minimum Gasteiger partial charge on any atom is -0.493 e. The van der Waals surface area contributed by atoms with Crippen molar-refractivity contribution in [1.82, 2.24) is 15.4 Å². The minimum atomic E-state index is -0.581. The monoisotopic (exact) mass is 416 g/mol. The Labute approximate surface area is 168 Å². The molecule has 0 spiro atoms. The van der Waals surface area contributed by atoms with E-state index in [1.807, 2.05) is 0 Å². The number of aromatic nitrogens is 2. The van der Waals surface area contributed by atoms with E-state index in [4.69, 9.17) is 15.2 Å². The fourth-order valence-electron chi connectivity index (χ4n) is 2.67. The highest BCUT2D eigenvalue weighted by Crippen LogP contribution is 2.34. The number of carbonyl (C=O) groups is 1. The number of anilines is 1. The van der Waals surface area contributed by atoms with Crippen molar-refractivity contribution in [2.45, 2.75) is 6.92 Å². The van der Waals surface area contributed by atoms with Crippen molar-refractivity contribution in [1.29, 1.82) is 0 Å². The number of amides is 1. The van der Waals surface area contributed by atoms with Crippen LogP contribution in [0.5, 0.6) is 11.5 Å². The van der Waals surface area contributed by atoms with Crippen molar-refractivity contribution in [2.24, 2.45) is 5.10 Å². The molecule has 1 aromatic carbocycles. The van der Waals surface area contributed by atoms with Gasteiger partial charge in [0.05, 0.1) is 47.3 Å². The van der Waals surface area contributed by atoms with E-state index in [9.17, 15) is 14.9 Å². The Bertz CT molecular complexity index is 1140. The first-order chi connectivity index (χ1) is 13.9. The number of ether oxygens (including phenoxy) is 2. The third kappa shape index (κ3) is 3.78. The first kappa shape index (κ1) is 19.9. The first-order valence-corrected chi connectivity index (χ1v) is 8.92. The maximum atomic E-state index is 12.5. The summed E-state index contributed by atoms with van der Waals surface area (Å²) >= 11 is 1.15. The topological polar surface area (TPSA) is 155 Å². The number of nitro groups is 1. The van der Waals surface area contributed by atoms with E-state index in [2.05, 4.69) is 20.5 Å². The molecule has 0 radical (unpaired) electrons. The van der Waals surface area contributed by atoms with Gasteiger partial charge in [-0.2, -0.15) is 5.10 Å². The molecule has 0 saturated heterocycles. The SMILES string of the molecule is COc1cc(C=NNC(=O)c2sc3ncnc(N)c3c2C)c([N+](=O)[O-])cc1OC. The third-order valence-corrected chi connectivity index (χ3v) is 5.26. The van der Waals surface area contributed by atoms with Crippen molar-refractivity contribution >= 4 is 45.2 Å².